The Hall–Kier alpha value is -3.93. The van der Waals surface area contributed by atoms with Crippen LogP contribution in [0, 0.1) is 5.41 Å². The number of benzene rings is 2. The molecule has 4 aliphatic rings. The number of ether oxygens (including phenoxy) is 2. The van der Waals surface area contributed by atoms with Crippen LogP contribution in [0.1, 0.15) is 47.6 Å². The van der Waals surface area contributed by atoms with E-state index in [1.54, 1.807) is 24.3 Å². The fraction of sp³-hybridized carbons (Fsp3) is 0.429. The molecule has 0 atom stereocenters. The second kappa shape index (κ2) is 12.9. The maximum absolute atomic E-state index is 12.8. The first-order valence-electron chi connectivity index (χ1n) is 13.0. The van der Waals surface area contributed by atoms with Crippen molar-refractivity contribution < 1.29 is 27.4 Å². The van der Waals surface area contributed by atoms with E-state index in [1.807, 2.05) is 24.3 Å². The van der Waals surface area contributed by atoms with E-state index < -0.39 is 18.8 Å². The van der Waals surface area contributed by atoms with Crippen molar-refractivity contribution in [3.8, 4) is 11.8 Å². The van der Waals surface area contributed by atoms with Gasteiger partial charge in [-0.2, -0.15) is 28.1 Å². The fourth-order valence-corrected chi connectivity index (χ4v) is 3.91. The van der Waals surface area contributed by atoms with Crippen LogP contribution in [0.15, 0.2) is 48.5 Å². The number of alkyl halides is 3. The maximum atomic E-state index is 12.8. The molecule has 40 heavy (non-hydrogen) atoms. The van der Waals surface area contributed by atoms with Gasteiger partial charge < -0.3 is 25.4 Å². The van der Waals surface area contributed by atoms with Crippen LogP contribution in [0.5, 0.6) is 11.8 Å². The molecule has 3 aromatic rings. The van der Waals surface area contributed by atoms with E-state index in [9.17, 15) is 18.0 Å². The molecule has 0 fully saturated rings. The highest BCUT2D eigenvalue weighted by atomic mass is 19.4. The molecule has 9 nitrogen and oxygen atoms in total. The highest BCUT2D eigenvalue weighted by molar-refractivity contribution is 5.94. The van der Waals surface area contributed by atoms with Crippen molar-refractivity contribution in [2.75, 3.05) is 38.2 Å². The molecule has 214 valence electrons. The zero-order valence-corrected chi connectivity index (χ0v) is 22.5. The van der Waals surface area contributed by atoms with Gasteiger partial charge in [-0.1, -0.05) is 38.1 Å². The Labute approximate surface area is 230 Å². The zero-order valence-electron chi connectivity index (χ0n) is 22.5. The molecule has 0 aliphatic carbocycles. The molecule has 7 rings (SSSR count). The van der Waals surface area contributed by atoms with Crippen LogP contribution in [0.2, 0.25) is 0 Å². The second-order valence-electron chi connectivity index (χ2n) is 10.4. The Morgan fingerprint density at radius 3 is 2.40 bits per heavy atom. The van der Waals surface area contributed by atoms with E-state index in [2.05, 4.69) is 44.7 Å². The highest BCUT2D eigenvalue weighted by Gasteiger charge is 2.29. The number of rotatable bonds is 2. The van der Waals surface area contributed by atoms with Gasteiger partial charge in [-0.25, -0.2) is 0 Å². The monoisotopic (exact) mass is 558 g/mol. The van der Waals surface area contributed by atoms with Gasteiger partial charge in [0.2, 0.25) is 5.95 Å². The Bertz CT molecular complexity index is 1270. The van der Waals surface area contributed by atoms with Gasteiger partial charge >= 0.3 is 12.2 Å². The topological polar surface area (TPSA) is 110 Å². The number of nitrogens with one attached hydrogen (secondary N) is 3. The lowest BCUT2D eigenvalue weighted by molar-refractivity contribution is -0.154. The smallest absolute Gasteiger partial charge is 0.422 e. The predicted molar refractivity (Wildman–Crippen MR) is 143 cm³/mol. The van der Waals surface area contributed by atoms with Crippen LogP contribution in [-0.4, -0.2) is 59.9 Å². The van der Waals surface area contributed by atoms with Crippen LogP contribution in [0.3, 0.4) is 0 Å². The third kappa shape index (κ3) is 9.37. The summed E-state index contributed by atoms with van der Waals surface area (Å²) in [5.74, 6) is 0.849. The molecule has 1 aromatic heterocycles. The molecular formula is C28H33F3N6O3. The number of halogens is 3. The SMILES string of the molecule is CC1(C)CNCCCOc2ccc(cc2)CNc2nc(nc(OCC(F)(F)F)n2)Cc2ccc(cc2)C(=O)NC1. The van der Waals surface area contributed by atoms with E-state index in [0.717, 1.165) is 36.4 Å². The van der Waals surface area contributed by atoms with Crippen molar-refractivity contribution in [3.05, 3.63) is 71.0 Å². The minimum atomic E-state index is -4.54. The van der Waals surface area contributed by atoms with Crippen LogP contribution in [0.25, 0.3) is 0 Å². The Morgan fingerprint density at radius 1 is 0.950 bits per heavy atom. The summed E-state index contributed by atoms with van der Waals surface area (Å²) in [6.07, 6.45) is -3.52. The lowest BCUT2D eigenvalue weighted by atomic mass is 9.93. The summed E-state index contributed by atoms with van der Waals surface area (Å²) < 4.78 is 48.9. The fourth-order valence-electron chi connectivity index (χ4n) is 3.91. The normalized spacial score (nSPS) is 16.8. The number of hydrogen-bond donors (Lipinski definition) is 3. The highest BCUT2D eigenvalue weighted by Crippen LogP contribution is 2.19. The van der Waals surface area contributed by atoms with Gasteiger partial charge in [0, 0.05) is 31.6 Å². The number of carbonyl (C=O) groups excluding carboxylic acids is 1. The van der Waals surface area contributed by atoms with Crippen molar-refractivity contribution in [1.82, 2.24) is 25.6 Å². The molecular weight excluding hydrogens is 525 g/mol. The summed E-state index contributed by atoms with van der Waals surface area (Å²) >= 11 is 0. The molecule has 0 unspecified atom stereocenters. The van der Waals surface area contributed by atoms with Crippen molar-refractivity contribution >= 4 is 11.9 Å². The second-order valence-corrected chi connectivity index (χ2v) is 10.4. The van der Waals surface area contributed by atoms with E-state index in [4.69, 9.17) is 9.47 Å². The number of carbonyl (C=O) groups is 1. The van der Waals surface area contributed by atoms with Gasteiger partial charge in [-0.15, -0.1) is 0 Å². The number of amides is 1. The lowest BCUT2D eigenvalue weighted by Crippen LogP contribution is -2.40. The molecule has 4 aliphatic heterocycles. The van der Waals surface area contributed by atoms with Crippen LogP contribution in [0.4, 0.5) is 19.1 Å². The Morgan fingerprint density at radius 2 is 1.68 bits per heavy atom. The number of nitrogens with zero attached hydrogens (tertiary/aromatic N) is 3. The molecule has 12 heteroatoms. The Kier molecular flexibility index (Phi) is 9.41. The average Bonchev–Trinajstić information content (AvgIpc) is 2.91. The molecule has 5 heterocycles. The lowest BCUT2D eigenvalue weighted by Gasteiger charge is -2.25. The summed E-state index contributed by atoms with van der Waals surface area (Å²) in [6, 6.07) is 14.0. The van der Waals surface area contributed by atoms with E-state index in [0.29, 0.717) is 25.3 Å². The zero-order chi connectivity index (χ0) is 28.6. The third-order valence-corrected chi connectivity index (χ3v) is 6.08. The van der Waals surface area contributed by atoms with Gasteiger partial charge in [0.15, 0.2) is 6.61 Å². The first kappa shape index (κ1) is 29.1. The van der Waals surface area contributed by atoms with E-state index >= 15 is 0 Å². The van der Waals surface area contributed by atoms with Crippen LogP contribution < -0.4 is 25.4 Å². The summed E-state index contributed by atoms with van der Waals surface area (Å²) in [6.45, 7) is 5.52. The first-order valence-corrected chi connectivity index (χ1v) is 13.0. The van der Waals surface area contributed by atoms with Crippen molar-refractivity contribution in [2.45, 2.75) is 39.4 Å². The molecule has 2 aromatic carbocycles. The number of aromatic nitrogens is 3. The number of hydrogen-bond acceptors (Lipinski definition) is 8. The first-order chi connectivity index (χ1) is 19.0. The minimum Gasteiger partial charge on any atom is -0.494 e. The van der Waals surface area contributed by atoms with Crippen LogP contribution in [-0.2, 0) is 13.0 Å². The minimum absolute atomic E-state index is 0.0862. The van der Waals surface area contributed by atoms with Crippen molar-refractivity contribution in [2.24, 2.45) is 5.41 Å². The Balaban J connectivity index is 1.56. The molecule has 0 saturated heterocycles. The molecule has 0 radical (unpaired) electrons. The van der Waals surface area contributed by atoms with E-state index in [1.165, 1.54) is 0 Å². The largest absolute Gasteiger partial charge is 0.494 e. The van der Waals surface area contributed by atoms with Crippen molar-refractivity contribution in [3.63, 3.8) is 0 Å². The standard InChI is InChI=1S/C28H33F3N6O3/c1-27(2)16-32-12-3-13-39-22-10-6-20(7-11-22)15-33-25-35-23(36-26(37-25)40-18-28(29,30)31)14-19-4-8-21(9-5-19)24(38)34-17-27/h4-11,32H,3,12-18H2,1-2H3,(H,34,38)(H,33,35,36,37). The van der Waals surface area contributed by atoms with Crippen LogP contribution >= 0.6 is 0 Å². The predicted octanol–water partition coefficient (Wildman–Crippen LogP) is 4.14. The quantitative estimate of drug-likeness (QED) is 0.431. The average molecular weight is 559 g/mol. The molecule has 1 amide bonds. The molecule has 3 N–H and O–H groups in total. The summed E-state index contributed by atoms with van der Waals surface area (Å²) in [5.41, 5.74) is 2.01. The maximum Gasteiger partial charge on any atom is 0.422 e. The van der Waals surface area contributed by atoms with Gasteiger partial charge in [0.05, 0.1) is 6.61 Å². The molecule has 0 spiro atoms. The number of anilines is 1. The van der Waals surface area contributed by atoms with Gasteiger partial charge in [0.1, 0.15) is 11.6 Å². The van der Waals surface area contributed by atoms with Gasteiger partial charge in [-0.05, 0) is 53.8 Å². The van der Waals surface area contributed by atoms with Gasteiger partial charge in [0.25, 0.3) is 5.91 Å². The summed E-state index contributed by atoms with van der Waals surface area (Å²) in [4.78, 5) is 25.2. The molecule has 6 bridgehead atoms. The van der Waals surface area contributed by atoms with E-state index in [-0.39, 0.29) is 29.5 Å². The summed E-state index contributed by atoms with van der Waals surface area (Å²) in [7, 11) is 0. The molecule has 0 saturated carbocycles. The summed E-state index contributed by atoms with van der Waals surface area (Å²) in [5, 5.41) is 9.44. The van der Waals surface area contributed by atoms with Crippen molar-refractivity contribution in [1.29, 1.82) is 0 Å². The third-order valence-electron chi connectivity index (χ3n) is 6.08. The van der Waals surface area contributed by atoms with Gasteiger partial charge in [-0.3, -0.25) is 4.79 Å².